The van der Waals surface area contributed by atoms with Crippen molar-refractivity contribution in [2.75, 3.05) is 20.1 Å². The number of hydrogen-bond donors (Lipinski definition) is 7. The Morgan fingerprint density at radius 2 is 1.52 bits per heavy atom. The first-order chi connectivity index (χ1) is 29.2. The number of carbonyl (C=O) groups is 6. The first-order valence-electron chi connectivity index (χ1n) is 20.2. The number of guanidine groups is 1. The SMILES string of the molecule is CC(C)[C@@H](C(=O)O)N(C)C(=O)[C@@H](Cc1ccccc1)NC(=O)[C@H](CC(=O)OC(C)(C)C)NC(=O)CNC(=O)[C@@H](N)CCCNC(N)=NCc1ccc(F)c(Oc2ccccc2)c1. The molecule has 0 fully saturated rings. The van der Waals surface area contributed by atoms with Gasteiger partial charge >= 0.3 is 11.9 Å². The summed E-state index contributed by atoms with van der Waals surface area (Å²) in [6.07, 6.45) is -0.0664. The number of nitrogens with two attached hydrogens (primary N) is 2. The molecule has 4 atom stereocenters. The smallest absolute Gasteiger partial charge is 0.326 e. The zero-order chi connectivity index (χ0) is 46.0. The van der Waals surface area contributed by atoms with E-state index in [-0.39, 0.29) is 31.1 Å². The molecule has 3 aromatic carbocycles. The molecule has 3 aromatic rings. The van der Waals surface area contributed by atoms with Crippen molar-refractivity contribution in [2.45, 2.75) is 96.6 Å². The molecule has 0 aliphatic heterocycles. The summed E-state index contributed by atoms with van der Waals surface area (Å²) < 4.78 is 25.3. The van der Waals surface area contributed by atoms with Crippen LogP contribution in [0, 0.1) is 11.7 Å². The minimum absolute atomic E-state index is 0.0294. The summed E-state index contributed by atoms with van der Waals surface area (Å²) in [6, 6.07) is 16.8. The van der Waals surface area contributed by atoms with Gasteiger partial charge in [0.15, 0.2) is 17.5 Å². The molecule has 17 nitrogen and oxygen atoms in total. The van der Waals surface area contributed by atoms with Crippen LogP contribution in [0.3, 0.4) is 0 Å². The van der Waals surface area contributed by atoms with Gasteiger partial charge in [0.25, 0.3) is 0 Å². The number of halogens is 1. The lowest BCUT2D eigenvalue weighted by Gasteiger charge is -2.32. The molecule has 3 rings (SSSR count). The van der Waals surface area contributed by atoms with E-state index in [4.69, 9.17) is 20.9 Å². The predicted octanol–water partition coefficient (Wildman–Crippen LogP) is 2.76. The lowest BCUT2D eigenvalue weighted by Crippen LogP contribution is -2.58. The highest BCUT2D eigenvalue weighted by molar-refractivity contribution is 5.96. The number of carboxylic acid groups (broad SMARTS) is 1. The largest absolute Gasteiger partial charge is 0.480 e. The van der Waals surface area contributed by atoms with Crippen LogP contribution in [0.4, 0.5) is 4.39 Å². The molecule has 336 valence electrons. The molecule has 0 unspecified atom stereocenters. The van der Waals surface area contributed by atoms with Gasteiger partial charge < -0.3 is 52.2 Å². The second-order valence-corrected chi connectivity index (χ2v) is 15.9. The molecule has 0 heterocycles. The Kier molecular flexibility index (Phi) is 19.3. The van der Waals surface area contributed by atoms with E-state index >= 15 is 0 Å². The lowest BCUT2D eigenvalue weighted by molar-refractivity contribution is -0.157. The van der Waals surface area contributed by atoms with Crippen LogP contribution in [0.15, 0.2) is 83.9 Å². The highest BCUT2D eigenvalue weighted by atomic mass is 19.1. The molecular formula is C44H59FN8O9. The molecule has 0 aliphatic carbocycles. The summed E-state index contributed by atoms with van der Waals surface area (Å²) in [5, 5.41) is 20.2. The van der Waals surface area contributed by atoms with Gasteiger partial charge in [0.05, 0.1) is 25.6 Å². The van der Waals surface area contributed by atoms with Crippen LogP contribution in [0.25, 0.3) is 0 Å². The molecular weight excluding hydrogens is 804 g/mol. The normalized spacial score (nSPS) is 13.5. The van der Waals surface area contributed by atoms with Gasteiger partial charge in [0, 0.05) is 20.0 Å². The first-order valence-corrected chi connectivity index (χ1v) is 20.2. The van der Waals surface area contributed by atoms with Gasteiger partial charge in [-0.3, -0.25) is 24.0 Å². The molecule has 0 saturated heterocycles. The second kappa shape index (κ2) is 24.0. The van der Waals surface area contributed by atoms with Gasteiger partial charge in [-0.15, -0.1) is 0 Å². The number of aliphatic carboxylic acids is 1. The molecule has 0 saturated carbocycles. The number of carbonyl (C=O) groups excluding carboxylic acids is 5. The van der Waals surface area contributed by atoms with Gasteiger partial charge in [-0.25, -0.2) is 14.2 Å². The number of para-hydroxylation sites is 1. The van der Waals surface area contributed by atoms with Crippen molar-refractivity contribution < 1.29 is 47.7 Å². The first kappa shape index (κ1) is 49.8. The minimum atomic E-state index is -1.55. The third-order valence-electron chi connectivity index (χ3n) is 9.15. The number of benzene rings is 3. The van der Waals surface area contributed by atoms with E-state index in [1.54, 1.807) is 95.3 Å². The second-order valence-electron chi connectivity index (χ2n) is 15.9. The molecule has 4 amide bonds. The van der Waals surface area contributed by atoms with Crippen LogP contribution in [0.1, 0.15) is 65.0 Å². The molecule has 0 spiro atoms. The van der Waals surface area contributed by atoms with Crippen molar-refractivity contribution in [1.82, 2.24) is 26.2 Å². The molecule has 0 aliphatic rings. The zero-order valence-corrected chi connectivity index (χ0v) is 36.0. The fourth-order valence-corrected chi connectivity index (χ4v) is 6.15. The van der Waals surface area contributed by atoms with Crippen molar-refractivity contribution in [3.8, 4) is 11.5 Å². The molecule has 0 aromatic heterocycles. The van der Waals surface area contributed by atoms with Crippen LogP contribution in [-0.2, 0) is 46.5 Å². The number of rotatable bonds is 22. The third-order valence-corrected chi connectivity index (χ3v) is 9.15. The molecule has 18 heteroatoms. The lowest BCUT2D eigenvalue weighted by atomic mass is 9.99. The highest BCUT2D eigenvalue weighted by Crippen LogP contribution is 2.25. The number of esters is 1. The number of nitrogens with one attached hydrogen (secondary N) is 4. The summed E-state index contributed by atoms with van der Waals surface area (Å²) in [4.78, 5) is 83.8. The quantitative estimate of drug-likeness (QED) is 0.0333. The van der Waals surface area contributed by atoms with Crippen molar-refractivity contribution in [2.24, 2.45) is 22.4 Å². The Morgan fingerprint density at radius 3 is 2.13 bits per heavy atom. The predicted molar refractivity (Wildman–Crippen MR) is 230 cm³/mol. The Bertz CT molecular complexity index is 2010. The van der Waals surface area contributed by atoms with Gasteiger partial charge in [-0.05, 0) is 74.9 Å². The fraction of sp³-hybridized carbons (Fsp3) is 0.432. The molecule has 9 N–H and O–H groups in total. The highest BCUT2D eigenvalue weighted by Gasteiger charge is 2.36. The van der Waals surface area contributed by atoms with Crippen LogP contribution in [0.2, 0.25) is 0 Å². The fourth-order valence-electron chi connectivity index (χ4n) is 6.15. The van der Waals surface area contributed by atoms with Crippen molar-refractivity contribution in [3.05, 3.63) is 95.8 Å². The average Bonchev–Trinajstić information content (AvgIpc) is 3.20. The van der Waals surface area contributed by atoms with Crippen molar-refractivity contribution in [3.63, 3.8) is 0 Å². The van der Waals surface area contributed by atoms with E-state index in [0.717, 1.165) is 4.90 Å². The molecule has 0 radical (unpaired) electrons. The summed E-state index contributed by atoms with van der Waals surface area (Å²) in [6.45, 7) is 8.02. The van der Waals surface area contributed by atoms with Crippen molar-refractivity contribution in [1.29, 1.82) is 0 Å². The Morgan fingerprint density at radius 1 is 0.871 bits per heavy atom. The van der Waals surface area contributed by atoms with E-state index in [1.165, 1.54) is 19.2 Å². The number of carboxylic acids is 1. The minimum Gasteiger partial charge on any atom is -0.480 e. The Balaban J connectivity index is 1.58. The van der Waals surface area contributed by atoms with Crippen LogP contribution >= 0.6 is 0 Å². The number of aliphatic imine (C=N–C) groups is 1. The van der Waals surface area contributed by atoms with Gasteiger partial charge in [0.2, 0.25) is 23.6 Å². The van der Waals surface area contributed by atoms with Gasteiger partial charge in [0.1, 0.15) is 29.5 Å². The summed E-state index contributed by atoms with van der Waals surface area (Å²) in [5.41, 5.74) is 12.4. The Labute approximate surface area is 361 Å². The standard InChI is InChI=1S/C44H59FN8O9/c1-27(2)38(42(59)60)53(6)41(58)34(22-28-14-9-7-10-15-28)52-40(57)33(24-37(55)62-44(3,4)5)51-36(54)26-49-39(56)32(46)18-13-21-48-43(47)50-25-29-19-20-31(45)35(23-29)61-30-16-11-8-12-17-30/h7-12,14-17,19-20,23,27,32-34,38H,13,18,21-22,24-26,46H2,1-6H3,(H,49,56)(H,51,54)(H,52,57)(H,59,60)(H3,47,48,50)/t32-,33-,34+,38-/m0/s1. The van der Waals surface area contributed by atoms with Crippen LogP contribution < -0.4 is 37.5 Å². The van der Waals surface area contributed by atoms with E-state index in [1.807, 2.05) is 6.07 Å². The van der Waals surface area contributed by atoms with E-state index < -0.39 is 90.0 Å². The van der Waals surface area contributed by atoms with E-state index in [9.17, 15) is 38.3 Å². The Hall–Kier alpha value is -6.56. The van der Waals surface area contributed by atoms with Crippen LogP contribution in [0.5, 0.6) is 11.5 Å². The summed E-state index contributed by atoms with van der Waals surface area (Å²) >= 11 is 0. The topological polar surface area (TPSA) is 257 Å². The van der Waals surface area contributed by atoms with Gasteiger partial charge in [-0.2, -0.15) is 0 Å². The average molecular weight is 863 g/mol. The number of ether oxygens (including phenoxy) is 2. The monoisotopic (exact) mass is 862 g/mol. The number of hydrogen-bond acceptors (Lipinski definition) is 10. The third kappa shape index (κ3) is 17.2. The van der Waals surface area contributed by atoms with Crippen LogP contribution in [-0.4, -0.2) is 101 Å². The van der Waals surface area contributed by atoms with E-state index in [2.05, 4.69) is 26.3 Å². The van der Waals surface area contributed by atoms with E-state index in [0.29, 0.717) is 29.8 Å². The zero-order valence-electron chi connectivity index (χ0n) is 36.0. The maximum atomic E-state index is 14.3. The number of likely N-dealkylation sites (N-methyl/N-ethyl adjacent to an activating group) is 1. The molecule has 62 heavy (non-hydrogen) atoms. The summed E-state index contributed by atoms with van der Waals surface area (Å²) in [5.74, 6) is -5.52. The van der Waals surface area contributed by atoms with Crippen molar-refractivity contribution >= 4 is 41.5 Å². The molecule has 0 bridgehead atoms. The number of amides is 4. The maximum Gasteiger partial charge on any atom is 0.326 e. The number of nitrogens with zero attached hydrogens (tertiary/aromatic N) is 2. The maximum absolute atomic E-state index is 14.3. The van der Waals surface area contributed by atoms with Gasteiger partial charge in [-0.1, -0.05) is 68.4 Å². The summed E-state index contributed by atoms with van der Waals surface area (Å²) in [7, 11) is 1.33.